The molecule has 4 rings (SSSR count). The summed E-state index contributed by atoms with van der Waals surface area (Å²) in [6.07, 6.45) is 4.39. The summed E-state index contributed by atoms with van der Waals surface area (Å²) in [5, 5.41) is 9.44. The van der Waals surface area contributed by atoms with E-state index in [2.05, 4.69) is 4.98 Å². The molecule has 1 aromatic heterocycles. The van der Waals surface area contributed by atoms with E-state index in [-0.39, 0.29) is 24.9 Å². The molecular weight excluding hydrogens is 395 g/mol. The molecule has 2 aromatic carbocycles. The van der Waals surface area contributed by atoms with Crippen LogP contribution in [0.4, 0.5) is 4.39 Å². The van der Waals surface area contributed by atoms with Crippen LogP contribution in [0.5, 0.6) is 5.75 Å². The maximum atomic E-state index is 14.1. The van der Waals surface area contributed by atoms with Crippen molar-refractivity contribution in [3.8, 4) is 5.75 Å². The van der Waals surface area contributed by atoms with Crippen LogP contribution in [0.2, 0.25) is 0 Å². The quantitative estimate of drug-likeness (QED) is 0.632. The van der Waals surface area contributed by atoms with Crippen molar-refractivity contribution in [1.29, 1.82) is 0 Å². The highest BCUT2D eigenvalue weighted by molar-refractivity contribution is 5.94. The Balaban J connectivity index is 1.52. The van der Waals surface area contributed by atoms with E-state index in [0.717, 1.165) is 16.9 Å². The van der Waals surface area contributed by atoms with Crippen LogP contribution < -0.4 is 4.74 Å². The van der Waals surface area contributed by atoms with Gasteiger partial charge in [-0.05, 0) is 60.0 Å². The first-order valence-electron chi connectivity index (χ1n) is 10.3. The fourth-order valence-electron chi connectivity index (χ4n) is 4.06. The predicted molar refractivity (Wildman–Crippen MR) is 115 cm³/mol. The van der Waals surface area contributed by atoms with E-state index in [9.17, 15) is 14.3 Å². The zero-order valence-electron chi connectivity index (χ0n) is 17.4. The molecule has 2 heterocycles. The largest absolute Gasteiger partial charge is 0.487 e. The van der Waals surface area contributed by atoms with Gasteiger partial charge in [-0.25, -0.2) is 4.39 Å². The van der Waals surface area contributed by atoms with Crippen LogP contribution in [0.15, 0.2) is 67.0 Å². The molecule has 31 heavy (non-hydrogen) atoms. The number of ether oxygens (including phenoxy) is 1. The molecule has 0 saturated heterocycles. The normalized spacial score (nSPS) is 17.1. The Morgan fingerprint density at radius 3 is 2.71 bits per heavy atom. The van der Waals surface area contributed by atoms with Gasteiger partial charge in [-0.2, -0.15) is 0 Å². The average molecular weight is 420 g/mol. The Kier molecular flexibility index (Phi) is 6.00. The van der Waals surface area contributed by atoms with Crippen molar-refractivity contribution in [3.63, 3.8) is 0 Å². The first kappa shape index (κ1) is 21.0. The Morgan fingerprint density at radius 2 is 1.97 bits per heavy atom. The van der Waals surface area contributed by atoms with Crippen LogP contribution in [0.3, 0.4) is 0 Å². The summed E-state index contributed by atoms with van der Waals surface area (Å²) in [5.41, 5.74) is 2.45. The number of fused-ring (bicyclic) bond motifs is 1. The molecule has 0 fully saturated rings. The smallest absolute Gasteiger partial charge is 0.254 e. The SMILES string of the molecule is CC1(Cc2ccccc2F)Cc2cc(C(=O)N(CCO)Cc3ccncc3)ccc2O1. The lowest BCUT2D eigenvalue weighted by Crippen LogP contribution is -2.33. The van der Waals surface area contributed by atoms with Crippen molar-refractivity contribution in [2.45, 2.75) is 31.9 Å². The van der Waals surface area contributed by atoms with Gasteiger partial charge >= 0.3 is 0 Å². The number of amides is 1. The van der Waals surface area contributed by atoms with Gasteiger partial charge in [0.05, 0.1) is 6.61 Å². The Bertz CT molecular complexity index is 1070. The fraction of sp³-hybridized carbons (Fsp3) is 0.280. The summed E-state index contributed by atoms with van der Waals surface area (Å²) in [5.74, 6) is 0.324. The second-order valence-electron chi connectivity index (χ2n) is 8.13. The van der Waals surface area contributed by atoms with E-state index in [1.165, 1.54) is 6.07 Å². The highest BCUT2D eigenvalue weighted by atomic mass is 19.1. The van der Waals surface area contributed by atoms with Crippen molar-refractivity contribution in [2.75, 3.05) is 13.2 Å². The summed E-state index contributed by atoms with van der Waals surface area (Å²) in [6, 6.07) is 15.8. The van der Waals surface area contributed by atoms with Crippen molar-refractivity contribution >= 4 is 5.91 Å². The number of hydrogen-bond donors (Lipinski definition) is 1. The molecular formula is C25H25FN2O3. The first-order valence-corrected chi connectivity index (χ1v) is 10.3. The Hall–Kier alpha value is -3.25. The van der Waals surface area contributed by atoms with Crippen LogP contribution in [0.25, 0.3) is 0 Å². The zero-order valence-corrected chi connectivity index (χ0v) is 17.4. The van der Waals surface area contributed by atoms with Crippen molar-refractivity contribution < 1.29 is 19.0 Å². The first-order chi connectivity index (χ1) is 15.0. The molecule has 0 aliphatic carbocycles. The fourth-order valence-corrected chi connectivity index (χ4v) is 4.06. The maximum absolute atomic E-state index is 14.1. The topological polar surface area (TPSA) is 62.7 Å². The number of carbonyl (C=O) groups is 1. The summed E-state index contributed by atoms with van der Waals surface area (Å²) in [4.78, 5) is 18.8. The number of aliphatic hydroxyl groups excluding tert-OH is 1. The third kappa shape index (κ3) is 4.75. The summed E-state index contributed by atoms with van der Waals surface area (Å²) in [6.45, 7) is 2.47. The standard InChI is InChI=1S/C25H25FN2O3/c1-25(15-20-4-2-3-5-22(20)26)16-21-14-19(6-7-23(21)31-25)24(30)28(12-13-29)17-18-8-10-27-11-9-18/h2-11,14,29H,12-13,15-17H2,1H3. The monoisotopic (exact) mass is 420 g/mol. The second-order valence-corrected chi connectivity index (χ2v) is 8.13. The molecule has 5 nitrogen and oxygen atoms in total. The van der Waals surface area contributed by atoms with Crippen LogP contribution in [0.1, 0.15) is 34.0 Å². The van der Waals surface area contributed by atoms with Gasteiger partial charge in [0.2, 0.25) is 0 Å². The number of carbonyl (C=O) groups excluding carboxylic acids is 1. The van der Waals surface area contributed by atoms with Crippen LogP contribution in [0, 0.1) is 5.82 Å². The molecule has 1 aliphatic heterocycles. The van der Waals surface area contributed by atoms with Crippen molar-refractivity contribution in [2.24, 2.45) is 0 Å². The zero-order chi connectivity index (χ0) is 21.8. The lowest BCUT2D eigenvalue weighted by atomic mass is 9.91. The van der Waals surface area contributed by atoms with Gasteiger partial charge in [0.1, 0.15) is 17.2 Å². The highest BCUT2D eigenvalue weighted by Gasteiger charge is 2.36. The van der Waals surface area contributed by atoms with Crippen molar-refractivity contribution in [3.05, 3.63) is 95.1 Å². The van der Waals surface area contributed by atoms with Crippen LogP contribution in [-0.4, -0.2) is 39.7 Å². The molecule has 3 aromatic rings. The van der Waals surface area contributed by atoms with Gasteiger partial charge in [0.15, 0.2) is 0 Å². The molecule has 1 unspecified atom stereocenters. The van der Waals surface area contributed by atoms with Crippen molar-refractivity contribution in [1.82, 2.24) is 9.88 Å². The van der Waals surface area contributed by atoms with Crippen LogP contribution in [-0.2, 0) is 19.4 Å². The van der Waals surface area contributed by atoms with E-state index in [4.69, 9.17) is 4.74 Å². The lowest BCUT2D eigenvalue weighted by Gasteiger charge is -2.24. The summed E-state index contributed by atoms with van der Waals surface area (Å²) >= 11 is 0. The predicted octanol–water partition coefficient (Wildman–Crippen LogP) is 3.79. The van der Waals surface area contributed by atoms with E-state index in [0.29, 0.717) is 30.5 Å². The number of nitrogens with zero attached hydrogens (tertiary/aromatic N) is 2. The number of halogens is 1. The van der Waals surface area contributed by atoms with E-state index in [1.54, 1.807) is 41.6 Å². The molecule has 0 spiro atoms. The van der Waals surface area contributed by atoms with E-state index in [1.807, 2.05) is 31.2 Å². The number of rotatable bonds is 7. The number of pyridine rings is 1. The Morgan fingerprint density at radius 1 is 1.19 bits per heavy atom. The molecule has 0 bridgehead atoms. The molecule has 0 radical (unpaired) electrons. The molecule has 0 saturated carbocycles. The lowest BCUT2D eigenvalue weighted by molar-refractivity contribution is 0.0707. The summed E-state index contributed by atoms with van der Waals surface area (Å²) in [7, 11) is 0. The number of aliphatic hydroxyl groups is 1. The third-order valence-corrected chi connectivity index (χ3v) is 5.53. The number of benzene rings is 2. The minimum atomic E-state index is -0.575. The Labute approximate surface area is 181 Å². The van der Waals surface area contributed by atoms with Gasteiger partial charge in [-0.1, -0.05) is 18.2 Å². The maximum Gasteiger partial charge on any atom is 0.254 e. The molecule has 1 N–H and O–H groups in total. The minimum absolute atomic E-state index is 0.119. The average Bonchev–Trinajstić information content (AvgIpc) is 3.10. The van der Waals surface area contributed by atoms with Gasteiger partial charge < -0.3 is 14.7 Å². The third-order valence-electron chi connectivity index (χ3n) is 5.53. The minimum Gasteiger partial charge on any atom is -0.487 e. The molecule has 1 amide bonds. The van der Waals surface area contributed by atoms with Crippen LogP contribution >= 0.6 is 0 Å². The van der Waals surface area contributed by atoms with Gasteiger partial charge in [0.25, 0.3) is 5.91 Å². The van der Waals surface area contributed by atoms with Gasteiger partial charge in [-0.3, -0.25) is 9.78 Å². The highest BCUT2D eigenvalue weighted by Crippen LogP contribution is 2.38. The molecule has 1 atom stereocenters. The van der Waals surface area contributed by atoms with E-state index < -0.39 is 5.60 Å². The molecule has 6 heteroatoms. The van der Waals surface area contributed by atoms with Gasteiger partial charge in [0, 0.05) is 43.9 Å². The van der Waals surface area contributed by atoms with E-state index >= 15 is 0 Å². The number of aromatic nitrogens is 1. The molecule has 160 valence electrons. The van der Waals surface area contributed by atoms with Gasteiger partial charge in [-0.15, -0.1) is 0 Å². The molecule has 1 aliphatic rings. The second kappa shape index (κ2) is 8.86. The summed E-state index contributed by atoms with van der Waals surface area (Å²) < 4.78 is 20.3. The number of hydrogen-bond acceptors (Lipinski definition) is 4.